The molecular weight excluding hydrogens is 284 g/mol. The number of sulfonamides is 1. The highest BCUT2D eigenvalue weighted by atomic mass is 32.2. The van der Waals surface area contributed by atoms with Crippen molar-refractivity contribution in [3.05, 3.63) is 29.3 Å². The minimum atomic E-state index is -3.49. The van der Waals surface area contributed by atoms with Crippen LogP contribution in [0.2, 0.25) is 0 Å². The summed E-state index contributed by atoms with van der Waals surface area (Å²) < 4.78 is 28.2. The number of benzene rings is 1. The first-order valence-electron chi connectivity index (χ1n) is 7.62. The van der Waals surface area contributed by atoms with Crippen LogP contribution in [0.4, 0.5) is 0 Å². The molecule has 0 radical (unpaired) electrons. The third kappa shape index (κ3) is 4.28. The molecule has 0 fully saturated rings. The van der Waals surface area contributed by atoms with E-state index in [4.69, 9.17) is 0 Å². The molecule has 0 saturated carbocycles. The zero-order chi connectivity index (χ0) is 16.1. The van der Waals surface area contributed by atoms with Crippen molar-refractivity contribution in [2.75, 3.05) is 7.05 Å². The van der Waals surface area contributed by atoms with Crippen LogP contribution in [0, 0.1) is 6.92 Å². The van der Waals surface area contributed by atoms with Gasteiger partial charge in [0.15, 0.2) is 0 Å². The van der Waals surface area contributed by atoms with Gasteiger partial charge in [-0.15, -0.1) is 0 Å². The molecule has 0 unspecified atom stereocenters. The van der Waals surface area contributed by atoms with E-state index < -0.39 is 10.0 Å². The third-order valence-electron chi connectivity index (χ3n) is 4.38. The Balaban J connectivity index is 3.16. The van der Waals surface area contributed by atoms with Crippen molar-refractivity contribution in [1.29, 1.82) is 0 Å². The van der Waals surface area contributed by atoms with Crippen LogP contribution in [0.1, 0.15) is 51.2 Å². The Kier molecular flexibility index (Phi) is 6.38. The number of hydrogen-bond acceptors (Lipinski definition) is 3. The van der Waals surface area contributed by atoms with Crippen LogP contribution >= 0.6 is 0 Å². The van der Waals surface area contributed by atoms with Gasteiger partial charge >= 0.3 is 0 Å². The first-order valence-corrected chi connectivity index (χ1v) is 9.10. The van der Waals surface area contributed by atoms with E-state index in [-0.39, 0.29) is 5.54 Å². The van der Waals surface area contributed by atoms with Crippen molar-refractivity contribution < 1.29 is 8.42 Å². The quantitative estimate of drug-likeness (QED) is 0.776. The molecule has 0 heterocycles. The summed E-state index contributed by atoms with van der Waals surface area (Å²) in [4.78, 5) is 0.345. The molecule has 21 heavy (non-hydrogen) atoms. The Morgan fingerprint density at radius 1 is 1.10 bits per heavy atom. The van der Waals surface area contributed by atoms with Gasteiger partial charge in [-0.25, -0.2) is 13.1 Å². The molecular formula is C16H28N2O2S. The van der Waals surface area contributed by atoms with E-state index in [1.807, 2.05) is 40.8 Å². The van der Waals surface area contributed by atoms with Crippen LogP contribution in [0.5, 0.6) is 0 Å². The molecule has 0 atom stereocenters. The molecule has 5 heteroatoms. The number of aryl methyl sites for hydroxylation is 1. The highest BCUT2D eigenvalue weighted by Crippen LogP contribution is 2.24. The van der Waals surface area contributed by atoms with E-state index in [0.29, 0.717) is 11.4 Å². The monoisotopic (exact) mass is 312 g/mol. The van der Waals surface area contributed by atoms with Gasteiger partial charge < -0.3 is 5.32 Å². The predicted molar refractivity (Wildman–Crippen MR) is 87.9 cm³/mol. The van der Waals surface area contributed by atoms with Gasteiger partial charge in [0.25, 0.3) is 0 Å². The fourth-order valence-corrected chi connectivity index (χ4v) is 4.17. The molecule has 0 aliphatic rings. The van der Waals surface area contributed by atoms with Crippen molar-refractivity contribution in [3.8, 4) is 0 Å². The van der Waals surface area contributed by atoms with E-state index >= 15 is 0 Å². The summed E-state index contributed by atoms with van der Waals surface area (Å²) in [5.74, 6) is 0. The Labute approximate surface area is 129 Å². The molecule has 0 spiro atoms. The maximum absolute atomic E-state index is 12.7. The Morgan fingerprint density at radius 2 is 1.67 bits per heavy atom. The lowest BCUT2D eigenvalue weighted by molar-refractivity contribution is 0.341. The van der Waals surface area contributed by atoms with Gasteiger partial charge in [0.05, 0.1) is 4.90 Å². The fourth-order valence-electron chi connectivity index (χ4n) is 2.51. The molecule has 1 aromatic rings. The van der Waals surface area contributed by atoms with Crippen molar-refractivity contribution in [1.82, 2.24) is 10.0 Å². The highest BCUT2D eigenvalue weighted by molar-refractivity contribution is 7.89. The highest BCUT2D eigenvalue weighted by Gasteiger charge is 2.30. The lowest BCUT2D eigenvalue weighted by Gasteiger charge is -2.31. The topological polar surface area (TPSA) is 58.2 Å². The Bertz CT molecular complexity index is 555. The van der Waals surface area contributed by atoms with Crippen molar-refractivity contribution >= 4 is 10.0 Å². The molecule has 0 saturated heterocycles. The van der Waals surface area contributed by atoms with Crippen molar-refractivity contribution in [2.45, 2.75) is 63.9 Å². The number of rotatable bonds is 8. The normalized spacial score (nSPS) is 12.6. The Morgan fingerprint density at radius 3 is 2.14 bits per heavy atom. The lowest BCUT2D eigenvalue weighted by atomic mass is 9.91. The largest absolute Gasteiger partial charge is 0.316 e. The SMILES string of the molecule is CCC(CC)(CC)NS(=O)(=O)c1ccc(C)c(CNC)c1. The second kappa shape index (κ2) is 7.38. The van der Waals surface area contributed by atoms with Gasteiger partial charge in [0.2, 0.25) is 10.0 Å². The molecule has 120 valence electrons. The van der Waals surface area contributed by atoms with Crippen LogP contribution in [-0.2, 0) is 16.6 Å². The van der Waals surface area contributed by atoms with Gasteiger partial charge in [-0.1, -0.05) is 26.8 Å². The summed E-state index contributed by atoms with van der Waals surface area (Å²) in [6.07, 6.45) is 2.36. The zero-order valence-corrected chi connectivity index (χ0v) is 14.6. The molecule has 2 N–H and O–H groups in total. The number of nitrogens with one attached hydrogen (secondary N) is 2. The predicted octanol–water partition coefficient (Wildman–Crippen LogP) is 2.96. The molecule has 1 aromatic carbocycles. The first-order chi connectivity index (χ1) is 9.84. The first kappa shape index (κ1) is 18.1. The summed E-state index contributed by atoms with van der Waals surface area (Å²) in [6, 6.07) is 5.31. The summed E-state index contributed by atoms with van der Waals surface area (Å²) >= 11 is 0. The van der Waals surface area contributed by atoms with E-state index in [2.05, 4.69) is 10.0 Å². The van der Waals surface area contributed by atoms with Crippen LogP contribution in [0.25, 0.3) is 0 Å². The van der Waals surface area contributed by atoms with Crippen LogP contribution in [-0.4, -0.2) is 21.0 Å². The maximum Gasteiger partial charge on any atom is 0.241 e. The molecule has 4 nitrogen and oxygen atoms in total. The van der Waals surface area contributed by atoms with Crippen molar-refractivity contribution in [3.63, 3.8) is 0 Å². The molecule has 0 aliphatic heterocycles. The number of hydrogen-bond donors (Lipinski definition) is 2. The second-order valence-corrected chi connectivity index (χ2v) is 7.25. The summed E-state index contributed by atoms with van der Waals surface area (Å²) in [5.41, 5.74) is 1.75. The smallest absolute Gasteiger partial charge is 0.241 e. The van der Waals surface area contributed by atoms with Gasteiger partial charge in [-0.2, -0.15) is 0 Å². The van der Waals surface area contributed by atoms with Gasteiger partial charge in [-0.3, -0.25) is 0 Å². The molecule has 0 amide bonds. The summed E-state index contributed by atoms with van der Waals surface area (Å²) in [7, 11) is -1.63. The molecule has 1 rings (SSSR count). The second-order valence-electron chi connectivity index (χ2n) is 5.57. The van der Waals surface area contributed by atoms with Gasteiger partial charge in [0.1, 0.15) is 0 Å². The standard InChI is InChI=1S/C16H28N2O2S/c1-6-16(7-2,8-3)18-21(19,20)15-10-9-13(4)14(11-15)12-17-5/h9-11,17-18H,6-8,12H2,1-5H3. The van der Waals surface area contributed by atoms with E-state index in [9.17, 15) is 8.42 Å². The minimum absolute atomic E-state index is 0.345. The van der Waals surface area contributed by atoms with Crippen LogP contribution < -0.4 is 10.0 Å². The van der Waals surface area contributed by atoms with Crippen LogP contribution in [0.3, 0.4) is 0 Å². The summed E-state index contributed by atoms with van der Waals surface area (Å²) in [6.45, 7) is 8.73. The minimum Gasteiger partial charge on any atom is -0.316 e. The average molecular weight is 312 g/mol. The maximum atomic E-state index is 12.7. The fraction of sp³-hybridized carbons (Fsp3) is 0.625. The van der Waals surface area contributed by atoms with Crippen molar-refractivity contribution in [2.24, 2.45) is 0 Å². The molecule has 0 aromatic heterocycles. The lowest BCUT2D eigenvalue weighted by Crippen LogP contribution is -2.46. The molecule has 0 bridgehead atoms. The Hall–Kier alpha value is -0.910. The van der Waals surface area contributed by atoms with Gasteiger partial charge in [-0.05, 0) is 56.5 Å². The third-order valence-corrected chi connectivity index (χ3v) is 5.96. The van der Waals surface area contributed by atoms with E-state index in [1.165, 1.54) is 0 Å². The van der Waals surface area contributed by atoms with Gasteiger partial charge in [0, 0.05) is 12.1 Å². The average Bonchev–Trinajstić information content (AvgIpc) is 2.47. The van der Waals surface area contributed by atoms with E-state index in [0.717, 1.165) is 30.4 Å². The zero-order valence-electron chi connectivity index (χ0n) is 13.8. The molecule has 0 aliphatic carbocycles. The van der Waals surface area contributed by atoms with E-state index in [1.54, 1.807) is 12.1 Å². The van der Waals surface area contributed by atoms with Crippen LogP contribution in [0.15, 0.2) is 23.1 Å². The summed E-state index contributed by atoms with van der Waals surface area (Å²) in [5, 5.41) is 3.07.